The third-order valence-electron chi connectivity index (χ3n) is 4.18. The highest BCUT2D eigenvalue weighted by atomic mass is 32.2. The first-order valence-electron chi connectivity index (χ1n) is 8.47. The Morgan fingerprint density at radius 1 is 1.20 bits per heavy atom. The van der Waals surface area contributed by atoms with Crippen LogP contribution in [0.25, 0.3) is 0 Å². The maximum absolute atomic E-state index is 12.4. The molecule has 0 heterocycles. The van der Waals surface area contributed by atoms with E-state index >= 15 is 0 Å². The van der Waals surface area contributed by atoms with Gasteiger partial charge in [-0.3, -0.25) is 4.79 Å². The Labute approximate surface area is 152 Å². The molecule has 2 atom stereocenters. The highest BCUT2D eigenvalue weighted by Crippen LogP contribution is 2.23. The number of sulfone groups is 1. The molecule has 0 aliphatic heterocycles. The largest absolute Gasteiger partial charge is 0.369 e. The first-order valence-corrected chi connectivity index (χ1v) is 10.4. The van der Waals surface area contributed by atoms with Crippen LogP contribution in [0.2, 0.25) is 0 Å². The second kappa shape index (κ2) is 8.77. The summed E-state index contributed by atoms with van der Waals surface area (Å²) >= 11 is 0. The zero-order valence-corrected chi connectivity index (χ0v) is 16.9. The van der Waals surface area contributed by atoms with Crippen molar-refractivity contribution >= 4 is 15.6 Å². The van der Waals surface area contributed by atoms with E-state index in [0.29, 0.717) is 6.61 Å². The topological polar surface area (TPSA) is 60.4 Å². The number of Topliss-reactive ketones (excluding diaryl/α,β-unsaturated/α-hetero) is 1. The van der Waals surface area contributed by atoms with E-state index in [9.17, 15) is 13.2 Å². The maximum atomic E-state index is 12.4. The van der Waals surface area contributed by atoms with Gasteiger partial charge in [-0.05, 0) is 25.0 Å². The van der Waals surface area contributed by atoms with Crippen LogP contribution in [0, 0.1) is 5.41 Å². The predicted octanol–water partition coefficient (Wildman–Crippen LogP) is 3.96. The van der Waals surface area contributed by atoms with Gasteiger partial charge in [0.25, 0.3) is 0 Å². The summed E-state index contributed by atoms with van der Waals surface area (Å²) in [6.07, 6.45) is 2.69. The predicted molar refractivity (Wildman–Crippen MR) is 102 cm³/mol. The van der Waals surface area contributed by atoms with Gasteiger partial charge in [-0.1, -0.05) is 57.2 Å². The minimum absolute atomic E-state index is 0.0883. The lowest BCUT2D eigenvalue weighted by molar-refractivity contribution is -0.128. The molecule has 0 saturated carbocycles. The number of benzene rings is 1. The molecule has 140 valence electrons. The van der Waals surface area contributed by atoms with Gasteiger partial charge in [-0.2, -0.15) is 0 Å². The molecule has 4 nitrogen and oxygen atoms in total. The lowest BCUT2D eigenvalue weighted by atomic mass is 9.86. The van der Waals surface area contributed by atoms with Gasteiger partial charge < -0.3 is 4.74 Å². The lowest BCUT2D eigenvalue weighted by Gasteiger charge is -2.24. The van der Waals surface area contributed by atoms with Crippen LogP contribution in [0.4, 0.5) is 0 Å². The average Bonchev–Trinajstić information content (AvgIpc) is 2.50. The third-order valence-corrected chi connectivity index (χ3v) is 5.67. The van der Waals surface area contributed by atoms with Gasteiger partial charge >= 0.3 is 0 Å². The summed E-state index contributed by atoms with van der Waals surface area (Å²) in [7, 11) is -3.17. The number of rotatable bonds is 8. The molecule has 0 amide bonds. The first-order chi connectivity index (χ1) is 11.4. The number of hydrogen-bond acceptors (Lipinski definition) is 4. The number of carbonyl (C=O) groups excluding carboxylic acids is 1. The Balaban J connectivity index is 2.97. The van der Waals surface area contributed by atoms with Crippen molar-refractivity contribution in [2.24, 2.45) is 5.41 Å². The fourth-order valence-electron chi connectivity index (χ4n) is 2.20. The number of ketones is 1. The van der Waals surface area contributed by atoms with Crippen molar-refractivity contribution in [2.75, 3.05) is 6.26 Å². The summed E-state index contributed by atoms with van der Waals surface area (Å²) in [6, 6.07) is 9.72. The molecule has 0 N–H and O–H groups in total. The molecule has 0 saturated heterocycles. The molecule has 0 fully saturated rings. The third kappa shape index (κ3) is 7.53. The van der Waals surface area contributed by atoms with Gasteiger partial charge in [0.2, 0.25) is 0 Å². The quantitative estimate of drug-likeness (QED) is 0.654. The standard InChI is InChI=1S/C20H30O4S/c1-15(12-16(2)25(6,22)23)18(13-19(21)20(3,4)5)24-14-17-10-8-7-9-11-17/h7-12,16,18H,13-14H2,1-6H3/b15-12+/t16-,18-/m1/s1. The van der Waals surface area contributed by atoms with Crippen LogP contribution in [0.15, 0.2) is 42.0 Å². The van der Waals surface area contributed by atoms with E-state index in [-0.39, 0.29) is 12.2 Å². The number of carbonyl (C=O) groups is 1. The van der Waals surface area contributed by atoms with E-state index in [0.717, 1.165) is 11.1 Å². The minimum Gasteiger partial charge on any atom is -0.369 e. The van der Waals surface area contributed by atoms with Gasteiger partial charge in [0.15, 0.2) is 9.84 Å². The van der Waals surface area contributed by atoms with E-state index in [1.165, 1.54) is 6.26 Å². The van der Waals surface area contributed by atoms with E-state index in [1.807, 2.05) is 58.0 Å². The van der Waals surface area contributed by atoms with Crippen molar-refractivity contribution in [3.63, 3.8) is 0 Å². The van der Waals surface area contributed by atoms with Gasteiger partial charge in [0, 0.05) is 18.1 Å². The molecule has 0 aromatic heterocycles. The van der Waals surface area contributed by atoms with Crippen molar-refractivity contribution < 1.29 is 17.9 Å². The van der Waals surface area contributed by atoms with Crippen LogP contribution in [0.1, 0.15) is 46.6 Å². The van der Waals surface area contributed by atoms with Crippen LogP contribution < -0.4 is 0 Å². The fourth-order valence-corrected chi connectivity index (χ4v) is 2.66. The van der Waals surface area contributed by atoms with Gasteiger partial charge in [0.1, 0.15) is 5.78 Å². The highest BCUT2D eigenvalue weighted by Gasteiger charge is 2.26. The lowest BCUT2D eigenvalue weighted by Crippen LogP contribution is -2.28. The Kier molecular flexibility index (Phi) is 7.57. The van der Waals surface area contributed by atoms with E-state index in [2.05, 4.69) is 0 Å². The molecule has 0 bridgehead atoms. The van der Waals surface area contributed by atoms with Gasteiger partial charge in [0.05, 0.1) is 18.0 Å². The monoisotopic (exact) mass is 366 g/mol. The molecule has 0 unspecified atom stereocenters. The van der Waals surface area contributed by atoms with E-state index in [1.54, 1.807) is 13.0 Å². The average molecular weight is 367 g/mol. The van der Waals surface area contributed by atoms with Crippen LogP contribution in [0.5, 0.6) is 0 Å². The summed E-state index contributed by atoms with van der Waals surface area (Å²) in [5.41, 5.74) is 1.32. The molecule has 1 rings (SSSR count). The zero-order valence-electron chi connectivity index (χ0n) is 16.1. The summed E-state index contributed by atoms with van der Waals surface area (Å²) in [6.45, 7) is 9.47. The SMILES string of the molecule is C/C(=C\[C@@H](C)S(C)(=O)=O)[C@@H](CC(=O)C(C)(C)C)OCc1ccccc1. The van der Waals surface area contributed by atoms with Gasteiger partial charge in [-0.25, -0.2) is 8.42 Å². The Morgan fingerprint density at radius 3 is 2.24 bits per heavy atom. The van der Waals surface area contributed by atoms with Crippen LogP contribution >= 0.6 is 0 Å². The fraction of sp³-hybridized carbons (Fsp3) is 0.550. The van der Waals surface area contributed by atoms with Crippen molar-refractivity contribution in [2.45, 2.75) is 59.0 Å². The second-order valence-corrected chi connectivity index (χ2v) is 10.0. The molecule has 1 aromatic carbocycles. The normalized spacial score (nSPS) is 15.7. The summed E-state index contributed by atoms with van der Waals surface area (Å²) in [4.78, 5) is 12.4. The summed E-state index contributed by atoms with van der Waals surface area (Å²) < 4.78 is 29.4. The van der Waals surface area contributed by atoms with Crippen molar-refractivity contribution in [3.05, 3.63) is 47.5 Å². The molecule has 5 heteroatoms. The first kappa shape index (κ1) is 21.6. The molecule has 0 radical (unpaired) electrons. The maximum Gasteiger partial charge on any atom is 0.153 e. The summed E-state index contributed by atoms with van der Waals surface area (Å²) in [5.74, 6) is 0.0883. The second-order valence-electron chi connectivity index (χ2n) is 7.61. The molecule has 0 spiro atoms. The molecular formula is C20H30O4S. The van der Waals surface area contributed by atoms with E-state index in [4.69, 9.17) is 4.74 Å². The molecule has 1 aromatic rings. The molecule has 0 aliphatic carbocycles. The van der Waals surface area contributed by atoms with Crippen molar-refractivity contribution in [1.82, 2.24) is 0 Å². The zero-order chi connectivity index (χ0) is 19.3. The Hall–Kier alpha value is -1.46. The van der Waals surface area contributed by atoms with Crippen molar-refractivity contribution in [3.8, 4) is 0 Å². The smallest absolute Gasteiger partial charge is 0.153 e. The number of ether oxygens (including phenoxy) is 1. The molecule has 25 heavy (non-hydrogen) atoms. The van der Waals surface area contributed by atoms with E-state index < -0.39 is 26.6 Å². The highest BCUT2D eigenvalue weighted by molar-refractivity contribution is 7.91. The molecular weight excluding hydrogens is 336 g/mol. The minimum atomic E-state index is -3.17. The van der Waals surface area contributed by atoms with Crippen LogP contribution in [-0.2, 0) is 26.0 Å². The molecule has 0 aliphatic rings. The van der Waals surface area contributed by atoms with Crippen LogP contribution in [0.3, 0.4) is 0 Å². The number of hydrogen-bond donors (Lipinski definition) is 0. The van der Waals surface area contributed by atoms with Gasteiger partial charge in [-0.15, -0.1) is 0 Å². The Morgan fingerprint density at radius 2 is 1.76 bits per heavy atom. The summed E-state index contributed by atoms with van der Waals surface area (Å²) in [5, 5.41) is -0.611. The van der Waals surface area contributed by atoms with Crippen molar-refractivity contribution in [1.29, 1.82) is 0 Å². The Bertz CT molecular complexity index is 697. The van der Waals surface area contributed by atoms with Crippen LogP contribution in [-0.4, -0.2) is 31.8 Å².